The molecule has 0 bridgehead atoms. The van der Waals surface area contributed by atoms with E-state index in [9.17, 15) is 0 Å². The normalized spacial score (nSPS) is 12.3. The summed E-state index contributed by atoms with van der Waals surface area (Å²) in [7, 11) is 0. The van der Waals surface area contributed by atoms with Crippen LogP contribution in [0.25, 0.3) is 0 Å². The molecule has 1 aromatic heterocycles. The van der Waals surface area contributed by atoms with Gasteiger partial charge in [0.25, 0.3) is 0 Å². The van der Waals surface area contributed by atoms with Gasteiger partial charge >= 0.3 is 0 Å². The summed E-state index contributed by atoms with van der Waals surface area (Å²) in [4.78, 5) is 4.03. The van der Waals surface area contributed by atoms with Crippen LogP contribution in [0.1, 0.15) is 24.5 Å². The molecule has 0 radical (unpaired) electrons. The lowest BCUT2D eigenvalue weighted by Gasteiger charge is -2.13. The molecule has 19 heavy (non-hydrogen) atoms. The number of hydrogen-bond acceptors (Lipinski definition) is 2. The summed E-state index contributed by atoms with van der Waals surface area (Å²) in [6.45, 7) is 3.29. The van der Waals surface area contributed by atoms with Crippen molar-refractivity contribution in [1.82, 2.24) is 10.3 Å². The minimum Gasteiger partial charge on any atom is -0.314 e. The Morgan fingerprint density at radius 2 is 1.63 bits per heavy atom. The Kier molecular flexibility index (Phi) is 5.57. The van der Waals surface area contributed by atoms with E-state index < -0.39 is 0 Å². The van der Waals surface area contributed by atoms with Crippen molar-refractivity contribution in [1.29, 1.82) is 0 Å². The van der Waals surface area contributed by atoms with Gasteiger partial charge in [-0.2, -0.15) is 0 Å². The third-order valence-electron chi connectivity index (χ3n) is 3.36. The maximum atomic E-state index is 4.03. The third kappa shape index (κ3) is 5.23. The molecule has 1 aromatic carbocycles. The molecule has 0 aliphatic heterocycles. The predicted octanol–water partition coefficient (Wildman–Crippen LogP) is 3.24. The van der Waals surface area contributed by atoms with Gasteiger partial charge in [-0.25, -0.2) is 0 Å². The average molecular weight is 254 g/mol. The monoisotopic (exact) mass is 254 g/mol. The maximum Gasteiger partial charge on any atom is 0.0270 e. The molecule has 1 heterocycles. The Morgan fingerprint density at radius 1 is 0.947 bits per heavy atom. The van der Waals surface area contributed by atoms with E-state index >= 15 is 0 Å². The molecule has 2 heteroatoms. The number of nitrogens with one attached hydrogen (secondary N) is 1. The van der Waals surface area contributed by atoms with Crippen LogP contribution >= 0.6 is 0 Å². The van der Waals surface area contributed by atoms with Gasteiger partial charge in [-0.3, -0.25) is 4.98 Å². The number of aryl methyl sites for hydroxylation is 1. The van der Waals surface area contributed by atoms with Gasteiger partial charge in [0.15, 0.2) is 0 Å². The lowest BCUT2D eigenvalue weighted by molar-refractivity contribution is 0.517. The highest BCUT2D eigenvalue weighted by Gasteiger charge is 2.01. The summed E-state index contributed by atoms with van der Waals surface area (Å²) in [5, 5.41) is 3.58. The SMILES string of the molecule is CC(CCc1ccccc1)NCCc1ccncc1. The molecule has 0 saturated carbocycles. The highest BCUT2D eigenvalue weighted by molar-refractivity contribution is 5.14. The molecule has 1 N–H and O–H groups in total. The van der Waals surface area contributed by atoms with E-state index in [0.717, 1.165) is 19.4 Å². The van der Waals surface area contributed by atoms with Gasteiger partial charge in [0, 0.05) is 18.4 Å². The van der Waals surface area contributed by atoms with Crippen molar-refractivity contribution < 1.29 is 0 Å². The highest BCUT2D eigenvalue weighted by Crippen LogP contribution is 2.05. The zero-order valence-corrected chi connectivity index (χ0v) is 11.5. The maximum absolute atomic E-state index is 4.03. The smallest absolute Gasteiger partial charge is 0.0270 e. The molecule has 0 fully saturated rings. The molecule has 0 aliphatic carbocycles. The Bertz CT molecular complexity index is 453. The standard InChI is InChI=1S/C17H22N2/c1-15(7-8-16-5-3-2-4-6-16)19-14-11-17-9-12-18-13-10-17/h2-6,9-10,12-13,15,19H,7-8,11,14H2,1H3. The minimum atomic E-state index is 0.557. The topological polar surface area (TPSA) is 24.9 Å². The molecule has 0 aliphatic rings. The molecule has 2 rings (SSSR count). The Labute approximate surface area is 115 Å². The summed E-state index contributed by atoms with van der Waals surface area (Å²) >= 11 is 0. The predicted molar refractivity (Wildman–Crippen MR) is 80.2 cm³/mol. The van der Waals surface area contributed by atoms with E-state index in [1.807, 2.05) is 12.4 Å². The van der Waals surface area contributed by atoms with Crippen LogP contribution in [0.2, 0.25) is 0 Å². The second-order valence-corrected chi connectivity index (χ2v) is 4.98. The number of rotatable bonds is 7. The second-order valence-electron chi connectivity index (χ2n) is 4.98. The second kappa shape index (κ2) is 7.70. The van der Waals surface area contributed by atoms with Gasteiger partial charge in [0.05, 0.1) is 0 Å². The van der Waals surface area contributed by atoms with Crippen molar-refractivity contribution in [3.05, 3.63) is 66.0 Å². The van der Waals surface area contributed by atoms with E-state index in [2.05, 4.69) is 59.7 Å². The fraction of sp³-hybridized carbons (Fsp3) is 0.353. The Balaban J connectivity index is 1.64. The van der Waals surface area contributed by atoms with Gasteiger partial charge < -0.3 is 5.32 Å². The molecule has 0 spiro atoms. The summed E-state index contributed by atoms with van der Waals surface area (Å²) < 4.78 is 0. The van der Waals surface area contributed by atoms with Crippen LogP contribution in [-0.2, 0) is 12.8 Å². The van der Waals surface area contributed by atoms with Gasteiger partial charge in [-0.15, -0.1) is 0 Å². The summed E-state index contributed by atoms with van der Waals surface area (Å²) in [5.74, 6) is 0. The number of pyridine rings is 1. The minimum absolute atomic E-state index is 0.557. The quantitative estimate of drug-likeness (QED) is 0.820. The van der Waals surface area contributed by atoms with Gasteiger partial charge in [-0.05, 0) is 56.0 Å². The van der Waals surface area contributed by atoms with E-state index in [4.69, 9.17) is 0 Å². The fourth-order valence-corrected chi connectivity index (χ4v) is 2.14. The van der Waals surface area contributed by atoms with Crippen LogP contribution in [0.4, 0.5) is 0 Å². The summed E-state index contributed by atoms with van der Waals surface area (Å²) in [6, 6.07) is 15.4. The Hall–Kier alpha value is -1.67. The first-order chi connectivity index (χ1) is 9.34. The molecule has 0 saturated heterocycles. The van der Waals surface area contributed by atoms with Crippen molar-refractivity contribution in [2.24, 2.45) is 0 Å². The van der Waals surface area contributed by atoms with E-state index in [1.54, 1.807) is 0 Å². The first-order valence-electron chi connectivity index (χ1n) is 7.01. The van der Waals surface area contributed by atoms with Crippen molar-refractivity contribution in [2.75, 3.05) is 6.54 Å². The van der Waals surface area contributed by atoms with Gasteiger partial charge in [-0.1, -0.05) is 30.3 Å². The molecule has 2 aromatic rings. The van der Waals surface area contributed by atoms with Crippen LogP contribution in [0, 0.1) is 0 Å². The fourth-order valence-electron chi connectivity index (χ4n) is 2.14. The van der Waals surface area contributed by atoms with Crippen LogP contribution in [0.3, 0.4) is 0 Å². The molecule has 1 unspecified atom stereocenters. The van der Waals surface area contributed by atoms with Gasteiger partial charge in [0.2, 0.25) is 0 Å². The van der Waals surface area contributed by atoms with Crippen LogP contribution < -0.4 is 5.32 Å². The molecular formula is C17H22N2. The van der Waals surface area contributed by atoms with Crippen molar-refractivity contribution in [3.63, 3.8) is 0 Å². The summed E-state index contributed by atoms with van der Waals surface area (Å²) in [6.07, 6.45) is 7.10. The summed E-state index contributed by atoms with van der Waals surface area (Å²) in [5.41, 5.74) is 2.77. The Morgan fingerprint density at radius 3 is 2.37 bits per heavy atom. The molecule has 1 atom stereocenters. The van der Waals surface area contributed by atoms with Crippen LogP contribution in [-0.4, -0.2) is 17.6 Å². The van der Waals surface area contributed by atoms with Crippen molar-refractivity contribution >= 4 is 0 Å². The lowest BCUT2D eigenvalue weighted by atomic mass is 10.1. The van der Waals surface area contributed by atoms with Crippen LogP contribution in [0.15, 0.2) is 54.9 Å². The number of hydrogen-bond donors (Lipinski definition) is 1. The molecular weight excluding hydrogens is 232 g/mol. The van der Waals surface area contributed by atoms with Gasteiger partial charge in [0.1, 0.15) is 0 Å². The first-order valence-corrected chi connectivity index (χ1v) is 7.01. The third-order valence-corrected chi connectivity index (χ3v) is 3.36. The van der Waals surface area contributed by atoms with Crippen LogP contribution in [0.5, 0.6) is 0 Å². The van der Waals surface area contributed by atoms with Crippen molar-refractivity contribution in [2.45, 2.75) is 32.2 Å². The largest absolute Gasteiger partial charge is 0.314 e. The molecule has 0 amide bonds. The molecule has 100 valence electrons. The molecule has 2 nitrogen and oxygen atoms in total. The number of aromatic nitrogens is 1. The average Bonchev–Trinajstić information content (AvgIpc) is 2.47. The number of benzene rings is 1. The lowest BCUT2D eigenvalue weighted by Crippen LogP contribution is -2.28. The van der Waals surface area contributed by atoms with E-state index in [1.165, 1.54) is 17.5 Å². The number of nitrogens with zero attached hydrogens (tertiary/aromatic N) is 1. The first kappa shape index (κ1) is 13.8. The zero-order chi connectivity index (χ0) is 13.3. The van der Waals surface area contributed by atoms with E-state index in [-0.39, 0.29) is 0 Å². The zero-order valence-electron chi connectivity index (χ0n) is 11.5. The van der Waals surface area contributed by atoms with E-state index in [0.29, 0.717) is 6.04 Å². The van der Waals surface area contributed by atoms with Crippen molar-refractivity contribution in [3.8, 4) is 0 Å². The highest BCUT2D eigenvalue weighted by atomic mass is 14.9.